The molecule has 2 aromatic carbocycles. The number of nitrogens with zero attached hydrogens (tertiary/aromatic N) is 2. The fourth-order valence-electron chi connectivity index (χ4n) is 5.45. The number of aromatic nitrogens is 1. The summed E-state index contributed by atoms with van der Waals surface area (Å²) in [5.74, 6) is 0.246. The van der Waals surface area contributed by atoms with E-state index >= 15 is 4.39 Å². The van der Waals surface area contributed by atoms with Crippen molar-refractivity contribution >= 4 is 16.8 Å². The molecule has 1 amide bonds. The Kier molecular flexibility index (Phi) is 8.54. The molecule has 3 aromatic rings. The number of alkyl halides is 1. The molecule has 192 valence electrons. The van der Waals surface area contributed by atoms with Crippen LogP contribution in [0.1, 0.15) is 55.0 Å². The maximum absolute atomic E-state index is 15.8. The number of hydroxylamine groups is 1. The molecule has 1 saturated heterocycles. The van der Waals surface area contributed by atoms with Crippen molar-refractivity contribution in [3.05, 3.63) is 71.4 Å². The quantitative estimate of drug-likeness (QED) is 0.286. The third-order valence-electron chi connectivity index (χ3n) is 7.68. The van der Waals surface area contributed by atoms with Gasteiger partial charge in [0.1, 0.15) is 11.9 Å². The highest BCUT2D eigenvalue weighted by Crippen LogP contribution is 2.41. The van der Waals surface area contributed by atoms with E-state index in [9.17, 15) is 10.0 Å². The number of hydrogen-bond acceptors (Lipinski definition) is 5. The third kappa shape index (κ3) is 5.85. The molecule has 0 spiro atoms. The van der Waals surface area contributed by atoms with Crippen LogP contribution in [-0.4, -0.2) is 47.7 Å². The van der Waals surface area contributed by atoms with Gasteiger partial charge in [0, 0.05) is 11.6 Å². The third-order valence-corrected chi connectivity index (χ3v) is 7.68. The lowest BCUT2D eigenvalue weighted by Gasteiger charge is -2.40. The van der Waals surface area contributed by atoms with Crippen LogP contribution < -0.4 is 10.2 Å². The summed E-state index contributed by atoms with van der Waals surface area (Å²) in [6.07, 6.45) is 4.27. The topological polar surface area (TPSA) is 74.7 Å². The Morgan fingerprint density at radius 2 is 1.97 bits per heavy atom. The second kappa shape index (κ2) is 11.8. The van der Waals surface area contributed by atoms with Gasteiger partial charge in [-0.3, -0.25) is 15.0 Å². The van der Waals surface area contributed by atoms with Crippen LogP contribution in [-0.2, 0) is 11.2 Å². The van der Waals surface area contributed by atoms with Crippen molar-refractivity contribution in [2.24, 2.45) is 5.41 Å². The highest BCUT2D eigenvalue weighted by atomic mass is 19.1. The van der Waals surface area contributed by atoms with Crippen LogP contribution in [0.25, 0.3) is 10.9 Å². The summed E-state index contributed by atoms with van der Waals surface area (Å²) in [7, 11) is 1.59. The second-order valence-corrected chi connectivity index (χ2v) is 9.90. The van der Waals surface area contributed by atoms with Crippen LogP contribution in [0.2, 0.25) is 0 Å². The normalized spacial score (nSPS) is 16.6. The Hall–Kier alpha value is -3.03. The first-order valence-electron chi connectivity index (χ1n) is 12.7. The Morgan fingerprint density at radius 1 is 1.22 bits per heavy atom. The van der Waals surface area contributed by atoms with Crippen molar-refractivity contribution in [2.75, 3.05) is 26.7 Å². The molecule has 2 heterocycles. The lowest BCUT2D eigenvalue weighted by Crippen LogP contribution is -2.48. The van der Waals surface area contributed by atoms with Gasteiger partial charge in [0.15, 0.2) is 0 Å². The minimum atomic E-state index is -1.25. The minimum absolute atomic E-state index is 0.193. The summed E-state index contributed by atoms with van der Waals surface area (Å²) in [6, 6.07) is 15.9. The van der Waals surface area contributed by atoms with E-state index in [1.807, 2.05) is 36.7 Å². The smallest absolute Gasteiger partial charge is 0.249 e. The van der Waals surface area contributed by atoms with E-state index in [0.29, 0.717) is 36.1 Å². The van der Waals surface area contributed by atoms with E-state index in [2.05, 4.69) is 34.1 Å². The molecule has 1 aliphatic rings. The molecule has 1 aliphatic heterocycles. The van der Waals surface area contributed by atoms with E-state index in [1.165, 1.54) is 5.56 Å². The molecule has 0 bridgehead atoms. The number of nitrogens with one attached hydrogen (secondary N) is 1. The van der Waals surface area contributed by atoms with Crippen LogP contribution >= 0.6 is 0 Å². The average molecular weight is 494 g/mol. The summed E-state index contributed by atoms with van der Waals surface area (Å²) in [6.45, 7) is 4.33. The molecule has 1 fully saturated rings. The Morgan fingerprint density at radius 3 is 2.67 bits per heavy atom. The second-order valence-electron chi connectivity index (χ2n) is 9.90. The summed E-state index contributed by atoms with van der Waals surface area (Å²) in [4.78, 5) is 19.6. The number of hydrogen-bond donors (Lipinski definition) is 2. The SMILES string of the molecule is COc1ccc2ncc(C)c([C@H](F)CCC3(C(=O)NO)CCN(CCCc4ccccc4)CC3)c2c1. The molecule has 0 radical (unpaired) electrons. The van der Waals surface area contributed by atoms with Gasteiger partial charge in [-0.05, 0) is 100.0 Å². The Balaban J connectivity index is 1.40. The molecular weight excluding hydrogens is 457 g/mol. The van der Waals surface area contributed by atoms with Crippen molar-refractivity contribution < 1.29 is 19.1 Å². The van der Waals surface area contributed by atoms with Crippen LogP contribution in [0, 0.1) is 12.3 Å². The number of carbonyl (C=O) groups excluding carboxylic acids is 1. The number of ether oxygens (including phenoxy) is 1. The zero-order chi connectivity index (χ0) is 25.5. The number of piperidine rings is 1. The van der Waals surface area contributed by atoms with Gasteiger partial charge in [0.25, 0.3) is 0 Å². The Labute approximate surface area is 212 Å². The average Bonchev–Trinajstić information content (AvgIpc) is 2.92. The van der Waals surface area contributed by atoms with Crippen molar-refractivity contribution in [1.82, 2.24) is 15.4 Å². The highest BCUT2D eigenvalue weighted by Gasteiger charge is 2.41. The van der Waals surface area contributed by atoms with Gasteiger partial charge >= 0.3 is 0 Å². The van der Waals surface area contributed by atoms with Crippen LogP contribution in [0.15, 0.2) is 54.7 Å². The first-order chi connectivity index (χ1) is 17.5. The summed E-state index contributed by atoms with van der Waals surface area (Å²) in [5.41, 5.74) is 4.50. The van der Waals surface area contributed by atoms with E-state index < -0.39 is 17.5 Å². The van der Waals surface area contributed by atoms with Crippen LogP contribution in [0.5, 0.6) is 5.75 Å². The zero-order valence-corrected chi connectivity index (χ0v) is 21.2. The number of rotatable bonds is 10. The molecule has 1 atom stereocenters. The summed E-state index contributed by atoms with van der Waals surface area (Å²) < 4.78 is 21.1. The molecule has 1 aromatic heterocycles. The van der Waals surface area contributed by atoms with E-state index in [1.54, 1.807) is 13.3 Å². The number of likely N-dealkylation sites (tertiary alicyclic amines) is 1. The van der Waals surface area contributed by atoms with Crippen molar-refractivity contribution in [1.29, 1.82) is 0 Å². The van der Waals surface area contributed by atoms with Crippen LogP contribution in [0.4, 0.5) is 4.39 Å². The Bertz CT molecular complexity index is 1160. The number of benzene rings is 2. The molecule has 7 heteroatoms. The number of carbonyl (C=O) groups is 1. The molecule has 4 rings (SSSR count). The van der Waals surface area contributed by atoms with Gasteiger partial charge in [0.05, 0.1) is 18.0 Å². The number of pyridine rings is 1. The predicted molar refractivity (Wildman–Crippen MR) is 139 cm³/mol. The molecular formula is C29H36FN3O3. The fourth-order valence-corrected chi connectivity index (χ4v) is 5.45. The highest BCUT2D eigenvalue weighted by molar-refractivity contribution is 5.85. The molecule has 6 nitrogen and oxygen atoms in total. The van der Waals surface area contributed by atoms with Crippen molar-refractivity contribution in [2.45, 2.75) is 51.6 Å². The van der Waals surface area contributed by atoms with Crippen molar-refractivity contribution in [3.63, 3.8) is 0 Å². The van der Waals surface area contributed by atoms with E-state index in [-0.39, 0.29) is 6.42 Å². The number of amides is 1. The van der Waals surface area contributed by atoms with Gasteiger partial charge < -0.3 is 9.64 Å². The molecule has 2 N–H and O–H groups in total. The van der Waals surface area contributed by atoms with Crippen LogP contribution in [0.3, 0.4) is 0 Å². The van der Waals surface area contributed by atoms with Crippen molar-refractivity contribution in [3.8, 4) is 5.75 Å². The summed E-state index contributed by atoms with van der Waals surface area (Å²) >= 11 is 0. The number of aryl methyl sites for hydroxylation is 2. The van der Waals surface area contributed by atoms with Gasteiger partial charge in [-0.15, -0.1) is 0 Å². The first-order valence-corrected chi connectivity index (χ1v) is 12.7. The lowest BCUT2D eigenvalue weighted by molar-refractivity contribution is -0.143. The van der Waals surface area contributed by atoms with Gasteiger partial charge in [-0.2, -0.15) is 0 Å². The first kappa shape index (κ1) is 26.0. The zero-order valence-electron chi connectivity index (χ0n) is 21.2. The van der Waals surface area contributed by atoms with E-state index in [4.69, 9.17) is 4.74 Å². The number of halogens is 1. The molecule has 0 aliphatic carbocycles. The molecule has 36 heavy (non-hydrogen) atoms. The van der Waals surface area contributed by atoms with Gasteiger partial charge in [0.2, 0.25) is 5.91 Å². The molecule has 0 saturated carbocycles. The predicted octanol–water partition coefficient (Wildman–Crippen LogP) is 5.56. The van der Waals surface area contributed by atoms with Gasteiger partial charge in [-0.1, -0.05) is 30.3 Å². The van der Waals surface area contributed by atoms with Gasteiger partial charge in [-0.25, -0.2) is 9.87 Å². The summed E-state index contributed by atoms with van der Waals surface area (Å²) in [5, 5.41) is 10.2. The standard InChI is InChI=1S/C29H36FN3O3/c1-21-20-31-26-11-10-23(36-2)19-24(26)27(21)25(30)12-13-29(28(34)32-35)14-17-33(18-15-29)16-6-9-22-7-4-3-5-8-22/h3-5,7-8,10-11,19-20,25,35H,6,9,12-18H2,1-2H3,(H,32,34)/t25-/m1/s1. The number of fused-ring (bicyclic) bond motifs is 1. The largest absolute Gasteiger partial charge is 0.497 e. The maximum Gasteiger partial charge on any atom is 0.249 e. The monoisotopic (exact) mass is 493 g/mol. The minimum Gasteiger partial charge on any atom is -0.497 e. The number of methoxy groups -OCH3 is 1. The lowest BCUT2D eigenvalue weighted by atomic mass is 9.73. The maximum atomic E-state index is 15.8. The fraction of sp³-hybridized carbons (Fsp3) is 0.448. The van der Waals surface area contributed by atoms with E-state index in [0.717, 1.165) is 43.4 Å². The molecule has 0 unspecified atom stereocenters.